The normalized spacial score (nSPS) is 20.1. The predicted octanol–water partition coefficient (Wildman–Crippen LogP) is 2.78. The highest BCUT2D eigenvalue weighted by atomic mass is 16.5. The summed E-state index contributed by atoms with van der Waals surface area (Å²) in [6, 6.07) is 15.6. The molecular formula is C20H23N3O2. The molecular weight excluding hydrogens is 314 g/mol. The smallest absolute Gasteiger partial charge is 0.142 e. The van der Waals surface area contributed by atoms with Crippen LogP contribution in [-0.4, -0.2) is 36.9 Å². The van der Waals surface area contributed by atoms with Crippen LogP contribution in [0.4, 0.5) is 5.82 Å². The highest BCUT2D eigenvalue weighted by Gasteiger charge is 2.35. The van der Waals surface area contributed by atoms with Crippen molar-refractivity contribution in [1.82, 2.24) is 4.98 Å². The molecule has 0 unspecified atom stereocenters. The average Bonchev–Trinajstić information content (AvgIpc) is 2.68. The number of benzene rings is 1. The lowest BCUT2D eigenvalue weighted by Gasteiger charge is -2.42. The summed E-state index contributed by atoms with van der Waals surface area (Å²) >= 11 is 0. The first-order chi connectivity index (χ1) is 12.2. The minimum Gasteiger partial charge on any atom is -0.497 e. The van der Waals surface area contributed by atoms with Crippen LogP contribution in [0.1, 0.15) is 24.1 Å². The zero-order valence-corrected chi connectivity index (χ0v) is 14.5. The number of ether oxygens (including phenoxy) is 1. The largest absolute Gasteiger partial charge is 0.497 e. The lowest BCUT2D eigenvalue weighted by Crippen LogP contribution is -2.47. The number of nitriles is 1. The van der Waals surface area contributed by atoms with Crippen LogP contribution in [0.3, 0.4) is 0 Å². The Morgan fingerprint density at radius 3 is 2.92 bits per heavy atom. The highest BCUT2D eigenvalue weighted by molar-refractivity contribution is 5.42. The quantitative estimate of drug-likeness (QED) is 0.908. The van der Waals surface area contributed by atoms with Gasteiger partial charge >= 0.3 is 0 Å². The van der Waals surface area contributed by atoms with Gasteiger partial charge in [0, 0.05) is 18.5 Å². The Kier molecular flexibility index (Phi) is 5.20. The minimum atomic E-state index is -0.213. The molecule has 5 heteroatoms. The van der Waals surface area contributed by atoms with Gasteiger partial charge in [0.05, 0.1) is 13.7 Å². The van der Waals surface area contributed by atoms with Gasteiger partial charge in [0.15, 0.2) is 0 Å². The van der Waals surface area contributed by atoms with Crippen molar-refractivity contribution in [2.45, 2.75) is 19.3 Å². The number of piperidine rings is 1. The molecule has 130 valence electrons. The van der Waals surface area contributed by atoms with Crippen LogP contribution in [0.25, 0.3) is 0 Å². The molecule has 2 aromatic rings. The Morgan fingerprint density at radius 1 is 1.32 bits per heavy atom. The summed E-state index contributed by atoms with van der Waals surface area (Å²) in [4.78, 5) is 6.59. The van der Waals surface area contributed by atoms with E-state index in [1.165, 1.54) is 0 Å². The molecule has 1 atom stereocenters. The predicted molar refractivity (Wildman–Crippen MR) is 96.6 cm³/mol. The van der Waals surface area contributed by atoms with E-state index in [1.54, 1.807) is 13.2 Å². The molecule has 1 aliphatic heterocycles. The lowest BCUT2D eigenvalue weighted by atomic mass is 9.75. The summed E-state index contributed by atoms with van der Waals surface area (Å²) < 4.78 is 5.31. The number of aliphatic hydroxyl groups excluding tert-OH is 1. The minimum absolute atomic E-state index is 0.124. The SMILES string of the molecule is COc1cccc(C[C@@]2(CO)CCCN(c3cccc(C#N)n3)C2)c1. The zero-order chi connectivity index (χ0) is 17.7. The fourth-order valence-corrected chi connectivity index (χ4v) is 3.61. The van der Waals surface area contributed by atoms with Crippen LogP contribution in [0.5, 0.6) is 5.75 Å². The fraction of sp³-hybridized carbons (Fsp3) is 0.400. The van der Waals surface area contributed by atoms with Crippen LogP contribution in [0.2, 0.25) is 0 Å². The number of nitrogens with zero attached hydrogens (tertiary/aromatic N) is 3. The molecule has 1 aromatic carbocycles. The Balaban J connectivity index is 1.81. The molecule has 1 aliphatic rings. The van der Waals surface area contributed by atoms with Crippen molar-refractivity contribution >= 4 is 5.82 Å². The highest BCUT2D eigenvalue weighted by Crippen LogP contribution is 2.35. The first kappa shape index (κ1) is 17.2. The topological polar surface area (TPSA) is 69.4 Å². The van der Waals surface area contributed by atoms with Crippen LogP contribution in [0.15, 0.2) is 42.5 Å². The molecule has 0 spiro atoms. The van der Waals surface area contributed by atoms with Gasteiger partial charge in [-0.25, -0.2) is 4.98 Å². The summed E-state index contributed by atoms with van der Waals surface area (Å²) in [6.45, 7) is 1.74. The maximum absolute atomic E-state index is 10.2. The maximum Gasteiger partial charge on any atom is 0.142 e. The van der Waals surface area contributed by atoms with Crippen molar-refractivity contribution in [1.29, 1.82) is 5.26 Å². The number of aromatic nitrogens is 1. The number of rotatable bonds is 5. The fourth-order valence-electron chi connectivity index (χ4n) is 3.61. The van der Waals surface area contributed by atoms with Gasteiger partial charge in [-0.3, -0.25) is 0 Å². The molecule has 25 heavy (non-hydrogen) atoms. The second kappa shape index (κ2) is 7.54. The summed E-state index contributed by atoms with van der Waals surface area (Å²) in [7, 11) is 1.66. The van der Waals surface area contributed by atoms with Gasteiger partial charge in [-0.15, -0.1) is 0 Å². The Labute approximate surface area is 148 Å². The van der Waals surface area contributed by atoms with E-state index in [9.17, 15) is 5.11 Å². The van der Waals surface area contributed by atoms with Gasteiger partial charge in [0.1, 0.15) is 23.3 Å². The Morgan fingerprint density at radius 2 is 2.16 bits per heavy atom. The van der Waals surface area contributed by atoms with E-state index in [0.29, 0.717) is 5.69 Å². The van der Waals surface area contributed by atoms with Gasteiger partial charge in [0.25, 0.3) is 0 Å². The van der Waals surface area contributed by atoms with E-state index in [1.807, 2.05) is 30.3 Å². The van der Waals surface area contributed by atoms with Crippen LogP contribution >= 0.6 is 0 Å². The molecule has 1 N–H and O–H groups in total. The molecule has 3 rings (SSSR count). The third-order valence-corrected chi connectivity index (χ3v) is 4.88. The first-order valence-corrected chi connectivity index (χ1v) is 8.54. The second-order valence-corrected chi connectivity index (χ2v) is 6.70. The van der Waals surface area contributed by atoms with Gasteiger partial charge < -0.3 is 14.7 Å². The van der Waals surface area contributed by atoms with Crippen LogP contribution < -0.4 is 9.64 Å². The molecule has 0 aliphatic carbocycles. The summed E-state index contributed by atoms with van der Waals surface area (Å²) in [6.07, 6.45) is 2.74. The van der Waals surface area contributed by atoms with Crippen molar-refractivity contribution in [3.05, 3.63) is 53.7 Å². The van der Waals surface area contributed by atoms with E-state index in [2.05, 4.69) is 22.0 Å². The van der Waals surface area contributed by atoms with E-state index in [4.69, 9.17) is 10.00 Å². The molecule has 5 nitrogen and oxygen atoms in total. The summed E-state index contributed by atoms with van der Waals surface area (Å²) in [5, 5.41) is 19.2. The van der Waals surface area contributed by atoms with Crippen molar-refractivity contribution in [2.24, 2.45) is 5.41 Å². The standard InChI is InChI=1S/C20H23N3O2/c1-25-18-7-2-5-16(11-18)12-20(15-24)9-4-10-23(14-20)19-8-3-6-17(13-21)22-19/h2-3,5-8,11,24H,4,9-10,12,14-15H2,1H3/t20-/m0/s1. The Bertz CT molecular complexity index is 772. The van der Waals surface area contributed by atoms with Gasteiger partial charge in [-0.2, -0.15) is 5.26 Å². The number of pyridine rings is 1. The number of anilines is 1. The van der Waals surface area contributed by atoms with Crippen molar-refractivity contribution in [3.8, 4) is 11.8 Å². The van der Waals surface area contributed by atoms with Gasteiger partial charge in [0.2, 0.25) is 0 Å². The second-order valence-electron chi connectivity index (χ2n) is 6.70. The summed E-state index contributed by atoms with van der Waals surface area (Å²) in [5.74, 6) is 1.64. The number of hydrogen-bond donors (Lipinski definition) is 1. The monoisotopic (exact) mass is 337 g/mol. The first-order valence-electron chi connectivity index (χ1n) is 8.54. The van der Waals surface area contributed by atoms with Crippen molar-refractivity contribution < 1.29 is 9.84 Å². The van der Waals surface area contributed by atoms with Crippen LogP contribution in [0, 0.1) is 16.7 Å². The van der Waals surface area contributed by atoms with E-state index in [-0.39, 0.29) is 12.0 Å². The van der Waals surface area contributed by atoms with E-state index >= 15 is 0 Å². The molecule has 1 aromatic heterocycles. The van der Waals surface area contributed by atoms with Gasteiger partial charge in [-0.1, -0.05) is 18.2 Å². The molecule has 0 bridgehead atoms. The molecule has 1 fully saturated rings. The summed E-state index contributed by atoms with van der Waals surface area (Å²) in [5.41, 5.74) is 1.37. The third kappa shape index (κ3) is 3.92. The third-order valence-electron chi connectivity index (χ3n) is 4.88. The van der Waals surface area contributed by atoms with E-state index < -0.39 is 0 Å². The maximum atomic E-state index is 10.2. The number of aliphatic hydroxyl groups is 1. The zero-order valence-electron chi connectivity index (χ0n) is 14.5. The molecule has 0 amide bonds. The number of methoxy groups -OCH3 is 1. The van der Waals surface area contributed by atoms with Crippen molar-refractivity contribution in [2.75, 3.05) is 31.7 Å². The molecule has 0 radical (unpaired) electrons. The van der Waals surface area contributed by atoms with Crippen molar-refractivity contribution in [3.63, 3.8) is 0 Å². The molecule has 1 saturated heterocycles. The van der Waals surface area contributed by atoms with Crippen LogP contribution in [-0.2, 0) is 6.42 Å². The molecule has 2 heterocycles. The van der Waals surface area contributed by atoms with Gasteiger partial charge in [-0.05, 0) is 49.1 Å². The average molecular weight is 337 g/mol. The Hall–Kier alpha value is -2.58. The molecule has 0 saturated carbocycles. The van der Waals surface area contributed by atoms with E-state index in [0.717, 1.165) is 49.5 Å². The number of hydrogen-bond acceptors (Lipinski definition) is 5. The lowest BCUT2D eigenvalue weighted by molar-refractivity contribution is 0.105.